The van der Waals surface area contributed by atoms with E-state index in [9.17, 15) is 4.79 Å². The van der Waals surface area contributed by atoms with Gasteiger partial charge in [0.1, 0.15) is 0 Å². The number of carboxylic acids is 1. The van der Waals surface area contributed by atoms with Crippen LogP contribution in [-0.2, 0) is 11.2 Å². The van der Waals surface area contributed by atoms with Crippen molar-refractivity contribution < 1.29 is 9.90 Å². The van der Waals surface area contributed by atoms with Crippen LogP contribution in [0.1, 0.15) is 18.4 Å². The van der Waals surface area contributed by atoms with Crippen molar-refractivity contribution in [2.75, 3.05) is 0 Å². The zero-order valence-corrected chi connectivity index (χ0v) is 7.89. The Morgan fingerprint density at radius 2 is 2.43 bits per heavy atom. The van der Waals surface area contributed by atoms with Gasteiger partial charge in [0.25, 0.3) is 0 Å². The first kappa shape index (κ1) is 9.19. The number of aromatic nitrogens is 1. The zero-order chi connectivity index (χ0) is 9.97. The summed E-state index contributed by atoms with van der Waals surface area (Å²) in [6.45, 7) is 0. The molecular weight excluding hydrogens is 178 g/mol. The number of carboxylic acid groups (broad SMARTS) is 1. The maximum atomic E-state index is 11.0. The second-order valence-electron chi connectivity index (χ2n) is 3.85. The van der Waals surface area contributed by atoms with Crippen LogP contribution < -0.4 is 0 Å². The maximum absolute atomic E-state index is 11.0. The Balaban J connectivity index is 2.04. The summed E-state index contributed by atoms with van der Waals surface area (Å²) in [7, 11) is 0. The van der Waals surface area contributed by atoms with Gasteiger partial charge in [-0.2, -0.15) is 0 Å². The highest BCUT2D eigenvalue weighted by molar-refractivity contribution is 5.71. The van der Waals surface area contributed by atoms with E-state index in [2.05, 4.69) is 4.98 Å². The fourth-order valence-corrected chi connectivity index (χ4v) is 1.73. The van der Waals surface area contributed by atoms with Crippen LogP contribution in [0.25, 0.3) is 0 Å². The van der Waals surface area contributed by atoms with Crippen molar-refractivity contribution in [1.82, 2.24) is 4.98 Å². The molecule has 1 aliphatic rings. The molecule has 1 aliphatic carbocycles. The fourth-order valence-electron chi connectivity index (χ4n) is 1.73. The van der Waals surface area contributed by atoms with E-state index >= 15 is 0 Å². The Hall–Kier alpha value is -1.38. The molecule has 0 bridgehead atoms. The highest BCUT2D eigenvalue weighted by Gasteiger charge is 2.35. The Labute approximate surface area is 82.8 Å². The third-order valence-electron chi connectivity index (χ3n) is 2.69. The first-order valence-corrected chi connectivity index (χ1v) is 4.89. The Morgan fingerprint density at radius 3 is 2.93 bits per heavy atom. The summed E-state index contributed by atoms with van der Waals surface area (Å²) in [5.74, 6) is -0.483. The molecule has 14 heavy (non-hydrogen) atoms. The van der Waals surface area contributed by atoms with E-state index < -0.39 is 5.97 Å². The van der Waals surface area contributed by atoms with Crippen LogP contribution in [0.2, 0.25) is 0 Å². The van der Waals surface area contributed by atoms with Crippen LogP contribution in [0.5, 0.6) is 0 Å². The van der Waals surface area contributed by atoms with E-state index in [0.29, 0.717) is 12.3 Å². The average Bonchev–Trinajstić information content (AvgIpc) is 2.99. The summed E-state index contributed by atoms with van der Waals surface area (Å²) in [4.78, 5) is 14.9. The van der Waals surface area contributed by atoms with Gasteiger partial charge in [0, 0.05) is 12.4 Å². The van der Waals surface area contributed by atoms with Crippen molar-refractivity contribution in [3.8, 4) is 0 Å². The standard InChI is InChI=1S/C11H13NO2/c13-11(14)10(9-3-4-9)6-8-2-1-5-12-7-8/h1-2,5,7,9-10H,3-4,6H2,(H,13,14). The highest BCUT2D eigenvalue weighted by atomic mass is 16.4. The van der Waals surface area contributed by atoms with Gasteiger partial charge in [-0.15, -0.1) is 0 Å². The molecule has 1 atom stereocenters. The molecule has 0 amide bonds. The second-order valence-corrected chi connectivity index (χ2v) is 3.85. The summed E-state index contributed by atoms with van der Waals surface area (Å²) >= 11 is 0. The predicted octanol–water partition coefficient (Wildman–Crippen LogP) is 1.73. The highest BCUT2D eigenvalue weighted by Crippen LogP contribution is 2.38. The van der Waals surface area contributed by atoms with Crippen molar-refractivity contribution in [3.63, 3.8) is 0 Å². The number of aliphatic carboxylic acids is 1. The molecule has 1 aromatic rings. The van der Waals surface area contributed by atoms with Gasteiger partial charge in [-0.05, 0) is 36.8 Å². The first-order chi connectivity index (χ1) is 6.77. The largest absolute Gasteiger partial charge is 0.481 e. The molecule has 0 radical (unpaired) electrons. The Kier molecular flexibility index (Phi) is 2.48. The monoisotopic (exact) mass is 191 g/mol. The lowest BCUT2D eigenvalue weighted by molar-refractivity contribution is -0.142. The number of pyridine rings is 1. The summed E-state index contributed by atoms with van der Waals surface area (Å²) in [6.07, 6.45) is 6.21. The normalized spacial score (nSPS) is 17.7. The lowest BCUT2D eigenvalue weighted by atomic mass is 9.96. The quantitative estimate of drug-likeness (QED) is 0.788. The van der Waals surface area contributed by atoms with E-state index in [-0.39, 0.29) is 5.92 Å². The third-order valence-corrected chi connectivity index (χ3v) is 2.69. The first-order valence-electron chi connectivity index (χ1n) is 4.89. The molecule has 1 heterocycles. The number of rotatable bonds is 4. The molecule has 1 N–H and O–H groups in total. The van der Waals surface area contributed by atoms with Gasteiger partial charge < -0.3 is 5.11 Å². The average molecular weight is 191 g/mol. The number of hydrogen-bond acceptors (Lipinski definition) is 2. The molecule has 0 saturated heterocycles. The maximum Gasteiger partial charge on any atom is 0.307 e. The van der Waals surface area contributed by atoms with Crippen LogP contribution in [0, 0.1) is 11.8 Å². The minimum absolute atomic E-state index is 0.209. The third kappa shape index (κ3) is 2.10. The number of nitrogens with zero attached hydrogens (tertiary/aromatic N) is 1. The minimum atomic E-state index is -0.670. The summed E-state index contributed by atoms with van der Waals surface area (Å²) in [5.41, 5.74) is 1.02. The Bertz CT molecular complexity index is 319. The summed E-state index contributed by atoms with van der Waals surface area (Å²) < 4.78 is 0. The smallest absolute Gasteiger partial charge is 0.307 e. The molecule has 0 aliphatic heterocycles. The summed E-state index contributed by atoms with van der Waals surface area (Å²) in [5, 5.41) is 9.02. The van der Waals surface area contributed by atoms with Gasteiger partial charge in [0.05, 0.1) is 5.92 Å². The van der Waals surface area contributed by atoms with Crippen LogP contribution in [0.15, 0.2) is 24.5 Å². The zero-order valence-electron chi connectivity index (χ0n) is 7.89. The van der Waals surface area contributed by atoms with E-state index in [0.717, 1.165) is 18.4 Å². The molecule has 74 valence electrons. The molecule has 3 heteroatoms. The molecule has 1 unspecified atom stereocenters. The second kappa shape index (κ2) is 3.78. The summed E-state index contributed by atoms with van der Waals surface area (Å²) in [6, 6.07) is 3.78. The van der Waals surface area contributed by atoms with Gasteiger partial charge >= 0.3 is 5.97 Å². The molecule has 1 fully saturated rings. The molecule has 0 spiro atoms. The molecule has 1 aromatic heterocycles. The fraction of sp³-hybridized carbons (Fsp3) is 0.455. The van der Waals surface area contributed by atoms with Crippen molar-refractivity contribution in [1.29, 1.82) is 0 Å². The van der Waals surface area contributed by atoms with E-state index in [1.165, 1.54) is 0 Å². The minimum Gasteiger partial charge on any atom is -0.481 e. The lowest BCUT2D eigenvalue weighted by Crippen LogP contribution is -2.18. The van der Waals surface area contributed by atoms with E-state index in [4.69, 9.17) is 5.11 Å². The van der Waals surface area contributed by atoms with Crippen molar-refractivity contribution >= 4 is 5.97 Å². The van der Waals surface area contributed by atoms with Gasteiger partial charge in [-0.25, -0.2) is 0 Å². The number of carbonyl (C=O) groups is 1. The lowest BCUT2D eigenvalue weighted by Gasteiger charge is -2.10. The van der Waals surface area contributed by atoms with Crippen molar-refractivity contribution in [2.24, 2.45) is 11.8 Å². The molecular formula is C11H13NO2. The molecule has 0 aromatic carbocycles. The van der Waals surface area contributed by atoms with Crippen LogP contribution >= 0.6 is 0 Å². The molecule has 3 nitrogen and oxygen atoms in total. The molecule has 2 rings (SSSR count). The predicted molar refractivity (Wildman–Crippen MR) is 51.8 cm³/mol. The van der Waals surface area contributed by atoms with Gasteiger partial charge in [-0.1, -0.05) is 6.07 Å². The van der Waals surface area contributed by atoms with Crippen LogP contribution in [-0.4, -0.2) is 16.1 Å². The van der Waals surface area contributed by atoms with Crippen molar-refractivity contribution in [2.45, 2.75) is 19.3 Å². The van der Waals surface area contributed by atoms with Gasteiger partial charge in [-0.3, -0.25) is 9.78 Å². The topological polar surface area (TPSA) is 50.2 Å². The van der Waals surface area contributed by atoms with E-state index in [1.807, 2.05) is 12.1 Å². The van der Waals surface area contributed by atoms with Crippen LogP contribution in [0.3, 0.4) is 0 Å². The molecule has 1 saturated carbocycles. The van der Waals surface area contributed by atoms with Crippen LogP contribution in [0.4, 0.5) is 0 Å². The Morgan fingerprint density at radius 1 is 1.64 bits per heavy atom. The van der Waals surface area contributed by atoms with E-state index in [1.54, 1.807) is 12.4 Å². The van der Waals surface area contributed by atoms with Crippen molar-refractivity contribution in [3.05, 3.63) is 30.1 Å². The van der Waals surface area contributed by atoms with Gasteiger partial charge in [0.2, 0.25) is 0 Å². The SMILES string of the molecule is O=C(O)C(Cc1cccnc1)C1CC1. The van der Waals surface area contributed by atoms with Gasteiger partial charge in [0.15, 0.2) is 0 Å². The number of hydrogen-bond donors (Lipinski definition) is 1.